The predicted octanol–water partition coefficient (Wildman–Crippen LogP) is 7.40. The lowest BCUT2D eigenvalue weighted by atomic mass is 9.73. The molecule has 2 atom stereocenters. The summed E-state index contributed by atoms with van der Waals surface area (Å²) in [6.07, 6.45) is -1.53. The number of carboxylic acid groups (broad SMARTS) is 1. The molecule has 0 aliphatic heterocycles. The van der Waals surface area contributed by atoms with Crippen molar-refractivity contribution in [2.75, 3.05) is 11.5 Å². The van der Waals surface area contributed by atoms with E-state index in [1.54, 1.807) is 12.1 Å². The number of benzene rings is 1. The summed E-state index contributed by atoms with van der Waals surface area (Å²) >= 11 is 13.5. The van der Waals surface area contributed by atoms with Crippen LogP contribution >= 0.6 is 35.0 Å². The number of carboxylic acids is 1. The average Bonchev–Trinajstić information content (AvgIpc) is 2.71. The Labute approximate surface area is 197 Å². The van der Waals surface area contributed by atoms with Gasteiger partial charge >= 0.3 is 12.1 Å². The highest BCUT2D eigenvalue weighted by atomic mass is 35.5. The summed E-state index contributed by atoms with van der Waals surface area (Å²) in [5.74, 6) is -1.85. The number of hydrogen-bond acceptors (Lipinski definition) is 3. The Morgan fingerprint density at radius 3 is 2.26 bits per heavy atom. The molecule has 2 rings (SSSR count). The molecule has 0 radical (unpaired) electrons. The Balaban J connectivity index is 0.00000233. The van der Waals surface area contributed by atoms with Crippen LogP contribution in [0, 0.1) is 11.8 Å². The van der Waals surface area contributed by atoms with Gasteiger partial charge in [-0.3, -0.25) is 4.79 Å². The number of rotatable bonds is 9. The maximum absolute atomic E-state index is 13.6. The number of thioether (sulfide) groups is 1. The predicted molar refractivity (Wildman–Crippen MR) is 124 cm³/mol. The number of halogens is 5. The number of hydrogen-bond donors (Lipinski definition) is 2. The highest BCUT2D eigenvalue weighted by Gasteiger charge is 2.45. The summed E-state index contributed by atoms with van der Waals surface area (Å²) < 4.78 is 40.9. The van der Waals surface area contributed by atoms with E-state index in [0.717, 1.165) is 5.56 Å². The molecule has 0 heterocycles. The lowest BCUT2D eigenvalue weighted by Gasteiger charge is -2.35. The van der Waals surface area contributed by atoms with Crippen LogP contribution in [0.2, 0.25) is 10.0 Å². The van der Waals surface area contributed by atoms with E-state index < -0.39 is 24.1 Å². The second-order valence-corrected chi connectivity index (χ2v) is 9.63. The summed E-state index contributed by atoms with van der Waals surface area (Å²) in [6.45, 7) is 4.00. The maximum atomic E-state index is 13.6. The second kappa shape index (κ2) is 13.8. The quantitative estimate of drug-likeness (QED) is 0.346. The fraction of sp³-hybridized carbons (Fsp3) is 0.682. The molecule has 1 aliphatic carbocycles. The van der Waals surface area contributed by atoms with Gasteiger partial charge in [0.1, 0.15) is 6.04 Å². The summed E-state index contributed by atoms with van der Waals surface area (Å²) in [4.78, 5) is 10.7. The molecule has 1 aromatic rings. The molecule has 1 aromatic carbocycles. The second-order valence-electron chi connectivity index (χ2n) is 7.56. The first-order valence-corrected chi connectivity index (χ1v) is 12.6. The summed E-state index contributed by atoms with van der Waals surface area (Å²) in [5.41, 5.74) is 6.38. The van der Waals surface area contributed by atoms with Crippen molar-refractivity contribution in [2.45, 2.75) is 70.5 Å². The van der Waals surface area contributed by atoms with E-state index in [9.17, 15) is 18.0 Å². The molecule has 0 saturated heterocycles. The average molecular weight is 502 g/mol. The molecule has 178 valence electrons. The first-order chi connectivity index (χ1) is 14.6. The van der Waals surface area contributed by atoms with Crippen molar-refractivity contribution in [3.05, 3.63) is 33.8 Å². The minimum Gasteiger partial charge on any atom is -0.480 e. The van der Waals surface area contributed by atoms with E-state index in [4.69, 9.17) is 34.0 Å². The van der Waals surface area contributed by atoms with Crippen LogP contribution in [-0.2, 0) is 4.79 Å². The molecule has 9 heteroatoms. The number of nitrogens with two attached hydrogens (primary N) is 1. The van der Waals surface area contributed by atoms with Gasteiger partial charge in [0.15, 0.2) is 0 Å². The van der Waals surface area contributed by atoms with E-state index in [2.05, 4.69) is 0 Å². The Morgan fingerprint density at radius 1 is 1.16 bits per heavy atom. The minimum absolute atomic E-state index is 0.0491. The lowest BCUT2D eigenvalue weighted by Crippen LogP contribution is -2.33. The van der Waals surface area contributed by atoms with E-state index in [1.807, 2.05) is 19.9 Å². The molecule has 0 amide bonds. The highest BCUT2D eigenvalue weighted by Crippen LogP contribution is 2.46. The largest absolute Gasteiger partial charge is 0.480 e. The van der Waals surface area contributed by atoms with Crippen molar-refractivity contribution in [3.63, 3.8) is 0 Å². The lowest BCUT2D eigenvalue weighted by molar-refractivity contribution is -0.192. The van der Waals surface area contributed by atoms with Crippen LogP contribution in [0.4, 0.5) is 13.2 Å². The zero-order valence-corrected chi connectivity index (χ0v) is 20.3. The van der Waals surface area contributed by atoms with Crippen LogP contribution < -0.4 is 5.73 Å². The Morgan fingerprint density at radius 2 is 1.74 bits per heavy atom. The van der Waals surface area contributed by atoms with Gasteiger partial charge in [-0.1, -0.05) is 43.1 Å². The highest BCUT2D eigenvalue weighted by molar-refractivity contribution is 7.99. The maximum Gasteiger partial charge on any atom is 0.392 e. The molecule has 31 heavy (non-hydrogen) atoms. The van der Waals surface area contributed by atoms with Crippen LogP contribution in [0.3, 0.4) is 0 Å². The monoisotopic (exact) mass is 501 g/mol. The van der Waals surface area contributed by atoms with Crippen LogP contribution in [0.1, 0.15) is 63.9 Å². The molecule has 1 aliphatic rings. The summed E-state index contributed by atoms with van der Waals surface area (Å²) in [7, 11) is 0. The molecule has 1 fully saturated rings. The first kappa shape index (κ1) is 28.4. The van der Waals surface area contributed by atoms with Gasteiger partial charge in [-0.25, -0.2) is 0 Å². The topological polar surface area (TPSA) is 63.3 Å². The third kappa shape index (κ3) is 9.40. The van der Waals surface area contributed by atoms with Crippen molar-refractivity contribution in [2.24, 2.45) is 17.6 Å². The van der Waals surface area contributed by atoms with Crippen molar-refractivity contribution in [1.82, 2.24) is 0 Å². The molecular formula is C22H32Cl2F3NO2S. The minimum atomic E-state index is -4.23. The molecule has 2 unspecified atom stereocenters. The van der Waals surface area contributed by atoms with Crippen molar-refractivity contribution in [1.29, 1.82) is 0 Å². The van der Waals surface area contributed by atoms with E-state index in [-0.39, 0.29) is 24.7 Å². The molecule has 0 bridgehead atoms. The first-order valence-electron chi connectivity index (χ1n) is 10.7. The van der Waals surface area contributed by atoms with Gasteiger partial charge < -0.3 is 10.8 Å². The number of alkyl halides is 3. The molecule has 3 nitrogen and oxygen atoms in total. The van der Waals surface area contributed by atoms with Gasteiger partial charge in [0.05, 0.1) is 5.92 Å². The van der Waals surface area contributed by atoms with E-state index in [1.165, 1.54) is 11.8 Å². The van der Waals surface area contributed by atoms with Crippen LogP contribution in [0.15, 0.2) is 18.2 Å². The third-order valence-electron chi connectivity index (χ3n) is 5.63. The van der Waals surface area contributed by atoms with Gasteiger partial charge in [-0.15, -0.1) is 0 Å². The van der Waals surface area contributed by atoms with Crippen LogP contribution in [0.25, 0.3) is 0 Å². The van der Waals surface area contributed by atoms with Gasteiger partial charge in [-0.05, 0) is 79.6 Å². The molecule has 3 N–H and O–H groups in total. The molecule has 0 spiro atoms. The third-order valence-corrected chi connectivity index (χ3v) is 7.24. The summed E-state index contributed by atoms with van der Waals surface area (Å²) in [5, 5.41) is 9.86. The normalized spacial score (nSPS) is 21.0. The van der Waals surface area contributed by atoms with Crippen molar-refractivity contribution in [3.8, 4) is 0 Å². The zero-order valence-electron chi connectivity index (χ0n) is 17.9. The van der Waals surface area contributed by atoms with Crippen LogP contribution in [-0.4, -0.2) is 34.8 Å². The fourth-order valence-corrected chi connectivity index (χ4v) is 5.59. The molecule has 0 aromatic heterocycles. The molecule has 1 saturated carbocycles. The standard InChI is InChI=1S/C20H26Cl2F3NO2S.C2H6/c21-14-5-6-15(17(22)11-14)12-1-3-13(4-2-12)16(20(23,24)25)7-9-29-10-8-18(26)19(27)28;1-2/h5-6,11-13,16,18H,1-4,7-10,26H2,(H,27,28);1-2H3. The van der Waals surface area contributed by atoms with Crippen molar-refractivity contribution < 1.29 is 23.1 Å². The van der Waals surface area contributed by atoms with Gasteiger partial charge in [0.2, 0.25) is 0 Å². The SMILES string of the molecule is CC.NC(CCSCCC(C1CCC(c2ccc(Cl)cc2Cl)CC1)C(F)(F)F)C(=O)O. The fourth-order valence-electron chi connectivity index (χ4n) is 3.98. The summed E-state index contributed by atoms with van der Waals surface area (Å²) in [6, 6.07) is 4.35. The molecular weight excluding hydrogens is 470 g/mol. The van der Waals surface area contributed by atoms with Gasteiger partial charge in [0, 0.05) is 10.0 Å². The Bertz CT molecular complexity index is 683. The van der Waals surface area contributed by atoms with Gasteiger partial charge in [-0.2, -0.15) is 24.9 Å². The van der Waals surface area contributed by atoms with Gasteiger partial charge in [0.25, 0.3) is 0 Å². The zero-order chi connectivity index (χ0) is 23.6. The van der Waals surface area contributed by atoms with Crippen molar-refractivity contribution >= 4 is 40.9 Å². The van der Waals surface area contributed by atoms with Crippen LogP contribution in [0.5, 0.6) is 0 Å². The Hall–Kier alpha value is -0.630. The number of carbonyl (C=O) groups is 1. The van der Waals surface area contributed by atoms with E-state index >= 15 is 0 Å². The van der Waals surface area contributed by atoms with E-state index in [0.29, 0.717) is 47.2 Å². The Kier molecular flexibility index (Phi) is 12.7. The number of aliphatic carboxylic acids is 1. The smallest absolute Gasteiger partial charge is 0.392 e.